The summed E-state index contributed by atoms with van der Waals surface area (Å²) >= 11 is 0. The standard InChI is InChI=1S/C18H21NO/c1-2-19-12-10-15(11-13-19)18(20)17-9-5-7-14-6-3-4-8-16(14)17/h3-9,15H,2,10-13H2,1H3. The number of ketones is 1. The fourth-order valence-electron chi connectivity index (χ4n) is 3.17. The van der Waals surface area contributed by atoms with Gasteiger partial charge in [0.1, 0.15) is 0 Å². The molecule has 1 saturated heterocycles. The minimum atomic E-state index is 0.198. The second kappa shape index (κ2) is 5.76. The summed E-state index contributed by atoms with van der Waals surface area (Å²) in [4.78, 5) is 15.2. The molecule has 0 aliphatic carbocycles. The summed E-state index contributed by atoms with van der Waals surface area (Å²) in [6.07, 6.45) is 1.99. The Morgan fingerprint density at radius 3 is 2.55 bits per heavy atom. The van der Waals surface area contributed by atoms with Crippen molar-refractivity contribution in [3.8, 4) is 0 Å². The predicted octanol–water partition coefficient (Wildman–Crippen LogP) is 3.75. The van der Waals surface area contributed by atoms with Gasteiger partial charge in [-0.2, -0.15) is 0 Å². The van der Waals surface area contributed by atoms with Gasteiger partial charge in [-0.25, -0.2) is 0 Å². The van der Waals surface area contributed by atoms with Crippen LogP contribution in [0.25, 0.3) is 10.8 Å². The molecule has 0 spiro atoms. The number of rotatable bonds is 3. The number of hydrogen-bond donors (Lipinski definition) is 0. The second-order valence-corrected chi connectivity index (χ2v) is 5.60. The van der Waals surface area contributed by atoms with E-state index < -0.39 is 0 Å². The SMILES string of the molecule is CCN1CCC(C(=O)c2cccc3ccccc23)CC1. The molecule has 0 saturated carbocycles. The van der Waals surface area contributed by atoms with E-state index in [0.717, 1.165) is 48.8 Å². The Labute approximate surface area is 120 Å². The molecule has 0 N–H and O–H groups in total. The number of hydrogen-bond acceptors (Lipinski definition) is 2. The zero-order chi connectivity index (χ0) is 13.9. The van der Waals surface area contributed by atoms with Gasteiger partial charge in [0.25, 0.3) is 0 Å². The molecule has 0 unspecified atom stereocenters. The van der Waals surface area contributed by atoms with E-state index in [1.165, 1.54) is 0 Å². The quantitative estimate of drug-likeness (QED) is 0.789. The molecule has 1 aliphatic rings. The molecule has 2 nitrogen and oxygen atoms in total. The second-order valence-electron chi connectivity index (χ2n) is 5.60. The van der Waals surface area contributed by atoms with Crippen LogP contribution in [0.1, 0.15) is 30.1 Å². The van der Waals surface area contributed by atoms with Crippen LogP contribution in [-0.2, 0) is 0 Å². The minimum absolute atomic E-state index is 0.198. The maximum absolute atomic E-state index is 12.8. The fourth-order valence-corrected chi connectivity index (χ4v) is 3.17. The number of Topliss-reactive ketones (excluding diaryl/α,β-unsaturated/α-hetero) is 1. The van der Waals surface area contributed by atoms with Crippen molar-refractivity contribution in [2.45, 2.75) is 19.8 Å². The van der Waals surface area contributed by atoms with E-state index in [4.69, 9.17) is 0 Å². The molecule has 20 heavy (non-hydrogen) atoms. The van der Waals surface area contributed by atoms with Crippen molar-refractivity contribution in [2.24, 2.45) is 5.92 Å². The maximum atomic E-state index is 12.8. The number of nitrogens with zero attached hydrogens (tertiary/aromatic N) is 1. The average Bonchev–Trinajstić information content (AvgIpc) is 2.54. The first kappa shape index (κ1) is 13.3. The molecule has 1 fully saturated rings. The Morgan fingerprint density at radius 2 is 1.80 bits per heavy atom. The van der Waals surface area contributed by atoms with Crippen LogP contribution in [-0.4, -0.2) is 30.3 Å². The average molecular weight is 267 g/mol. The van der Waals surface area contributed by atoms with Crippen molar-refractivity contribution in [3.63, 3.8) is 0 Å². The lowest BCUT2D eigenvalue weighted by atomic mass is 9.87. The van der Waals surface area contributed by atoms with E-state index in [2.05, 4.69) is 30.0 Å². The first-order valence-electron chi connectivity index (χ1n) is 7.54. The van der Waals surface area contributed by atoms with E-state index in [1.807, 2.05) is 24.3 Å². The van der Waals surface area contributed by atoms with E-state index in [1.54, 1.807) is 0 Å². The van der Waals surface area contributed by atoms with Crippen LogP contribution in [0.2, 0.25) is 0 Å². The van der Waals surface area contributed by atoms with E-state index in [-0.39, 0.29) is 5.92 Å². The van der Waals surface area contributed by atoms with Crippen LogP contribution in [0.15, 0.2) is 42.5 Å². The van der Waals surface area contributed by atoms with Crippen molar-refractivity contribution >= 4 is 16.6 Å². The molecular weight excluding hydrogens is 246 g/mol. The smallest absolute Gasteiger partial charge is 0.166 e. The number of likely N-dealkylation sites (tertiary alicyclic amines) is 1. The molecule has 3 rings (SSSR count). The largest absolute Gasteiger partial charge is 0.304 e. The van der Waals surface area contributed by atoms with Crippen LogP contribution in [0, 0.1) is 5.92 Å². The van der Waals surface area contributed by atoms with Crippen molar-refractivity contribution in [3.05, 3.63) is 48.0 Å². The van der Waals surface area contributed by atoms with Crippen LogP contribution < -0.4 is 0 Å². The first-order valence-corrected chi connectivity index (χ1v) is 7.54. The van der Waals surface area contributed by atoms with Crippen molar-refractivity contribution in [2.75, 3.05) is 19.6 Å². The van der Waals surface area contributed by atoms with Crippen LogP contribution in [0.5, 0.6) is 0 Å². The molecule has 0 atom stereocenters. The number of fused-ring (bicyclic) bond motifs is 1. The summed E-state index contributed by atoms with van der Waals surface area (Å²) in [5.41, 5.74) is 0.901. The van der Waals surface area contributed by atoms with Crippen molar-refractivity contribution < 1.29 is 4.79 Å². The molecular formula is C18H21NO. The molecule has 2 aromatic carbocycles. The van der Waals surface area contributed by atoms with Gasteiger partial charge >= 0.3 is 0 Å². The minimum Gasteiger partial charge on any atom is -0.304 e. The summed E-state index contributed by atoms with van der Waals surface area (Å²) < 4.78 is 0. The van der Waals surface area contributed by atoms with Gasteiger partial charge < -0.3 is 4.90 Å². The Morgan fingerprint density at radius 1 is 1.10 bits per heavy atom. The third-order valence-corrected chi connectivity index (χ3v) is 4.46. The van der Waals surface area contributed by atoms with Gasteiger partial charge in [0.05, 0.1) is 0 Å². The highest BCUT2D eigenvalue weighted by Gasteiger charge is 2.25. The van der Waals surface area contributed by atoms with Gasteiger partial charge in [-0.05, 0) is 43.2 Å². The van der Waals surface area contributed by atoms with Gasteiger partial charge in [-0.3, -0.25) is 4.79 Å². The third kappa shape index (κ3) is 2.48. The molecule has 1 aliphatic heterocycles. The number of benzene rings is 2. The lowest BCUT2D eigenvalue weighted by Gasteiger charge is -2.30. The van der Waals surface area contributed by atoms with Crippen LogP contribution in [0.4, 0.5) is 0 Å². The highest BCUT2D eigenvalue weighted by Crippen LogP contribution is 2.26. The summed E-state index contributed by atoms with van der Waals surface area (Å²) in [5.74, 6) is 0.529. The lowest BCUT2D eigenvalue weighted by Crippen LogP contribution is -2.36. The summed E-state index contributed by atoms with van der Waals surface area (Å²) in [7, 11) is 0. The topological polar surface area (TPSA) is 20.3 Å². The lowest BCUT2D eigenvalue weighted by molar-refractivity contribution is 0.0846. The third-order valence-electron chi connectivity index (χ3n) is 4.46. The van der Waals surface area contributed by atoms with Crippen LogP contribution >= 0.6 is 0 Å². The van der Waals surface area contributed by atoms with E-state index >= 15 is 0 Å². The normalized spacial score (nSPS) is 17.4. The van der Waals surface area contributed by atoms with Gasteiger partial charge in [0.2, 0.25) is 0 Å². The van der Waals surface area contributed by atoms with Gasteiger partial charge in [-0.1, -0.05) is 49.4 Å². The van der Waals surface area contributed by atoms with E-state index in [0.29, 0.717) is 5.78 Å². The fraction of sp³-hybridized carbons (Fsp3) is 0.389. The summed E-state index contributed by atoms with van der Waals surface area (Å²) in [6, 6.07) is 14.2. The summed E-state index contributed by atoms with van der Waals surface area (Å²) in [5, 5.41) is 2.25. The number of piperidine rings is 1. The molecule has 104 valence electrons. The van der Waals surface area contributed by atoms with Crippen molar-refractivity contribution in [1.29, 1.82) is 0 Å². The highest BCUT2D eigenvalue weighted by molar-refractivity contribution is 6.09. The predicted molar refractivity (Wildman–Crippen MR) is 83.1 cm³/mol. The molecule has 0 aromatic heterocycles. The summed E-state index contributed by atoms with van der Waals surface area (Å²) in [6.45, 7) is 5.39. The molecule has 2 aromatic rings. The van der Waals surface area contributed by atoms with Crippen molar-refractivity contribution in [1.82, 2.24) is 4.90 Å². The van der Waals surface area contributed by atoms with Crippen LogP contribution in [0.3, 0.4) is 0 Å². The Balaban J connectivity index is 1.86. The molecule has 0 bridgehead atoms. The Kier molecular flexibility index (Phi) is 3.83. The van der Waals surface area contributed by atoms with Gasteiger partial charge in [0, 0.05) is 11.5 Å². The first-order chi connectivity index (χ1) is 9.79. The molecule has 0 amide bonds. The Hall–Kier alpha value is -1.67. The molecule has 0 radical (unpaired) electrons. The zero-order valence-electron chi connectivity index (χ0n) is 12.0. The van der Waals surface area contributed by atoms with Gasteiger partial charge in [0.15, 0.2) is 5.78 Å². The molecule has 1 heterocycles. The Bertz CT molecular complexity index is 606. The van der Waals surface area contributed by atoms with E-state index in [9.17, 15) is 4.79 Å². The molecule has 2 heteroatoms. The number of carbonyl (C=O) groups excluding carboxylic acids is 1. The monoisotopic (exact) mass is 267 g/mol. The zero-order valence-corrected chi connectivity index (χ0v) is 12.0. The van der Waals surface area contributed by atoms with Gasteiger partial charge in [-0.15, -0.1) is 0 Å². The number of carbonyl (C=O) groups is 1. The highest BCUT2D eigenvalue weighted by atomic mass is 16.1. The maximum Gasteiger partial charge on any atom is 0.166 e.